The molecule has 1 rings (SSSR count). The van der Waals surface area contributed by atoms with Crippen molar-refractivity contribution in [3.63, 3.8) is 0 Å². The number of primary amides is 1. The fourth-order valence-corrected chi connectivity index (χ4v) is 0.878. The number of carboxylic acids is 1. The van der Waals surface area contributed by atoms with Gasteiger partial charge in [-0.3, -0.25) is 9.59 Å². The Morgan fingerprint density at radius 2 is 2.42 bits per heavy atom. The smallest absolute Gasteiger partial charge is 0.307 e. The molecule has 0 aromatic heterocycles. The molecule has 0 fully saturated rings. The number of hydrogen-bond donors (Lipinski definition) is 2. The highest BCUT2D eigenvalue weighted by molar-refractivity contribution is 6.38. The molecule has 1 unspecified atom stereocenters. The maximum Gasteiger partial charge on any atom is 0.307 e. The lowest BCUT2D eigenvalue weighted by atomic mass is 10.1. The molecule has 0 aromatic carbocycles. The Bertz CT molecular complexity index is 248. The van der Waals surface area contributed by atoms with Crippen LogP contribution in [0.3, 0.4) is 0 Å². The number of carbonyl (C=O) groups is 2. The third kappa shape index (κ3) is 1.94. The van der Waals surface area contributed by atoms with Crippen molar-refractivity contribution in [3.05, 3.63) is 0 Å². The minimum absolute atomic E-state index is 0.0984. The second-order valence-corrected chi connectivity index (χ2v) is 2.43. The summed E-state index contributed by atoms with van der Waals surface area (Å²) in [7, 11) is 0. The maximum absolute atomic E-state index is 10.5. The SMILES string of the molecule is NC(=O)C1=NOC(CC(=O)O)C1. The molecular formula is C6H8N2O4. The zero-order valence-corrected chi connectivity index (χ0v) is 6.19. The van der Waals surface area contributed by atoms with Crippen LogP contribution in [-0.2, 0) is 14.4 Å². The topological polar surface area (TPSA) is 102 Å². The molecule has 1 atom stereocenters. The Hall–Kier alpha value is -1.59. The van der Waals surface area contributed by atoms with Gasteiger partial charge in [0.25, 0.3) is 5.91 Å². The molecule has 0 saturated carbocycles. The van der Waals surface area contributed by atoms with Gasteiger partial charge in [-0.1, -0.05) is 5.16 Å². The fraction of sp³-hybridized carbons (Fsp3) is 0.500. The molecule has 6 nitrogen and oxygen atoms in total. The molecule has 0 aliphatic carbocycles. The van der Waals surface area contributed by atoms with Crippen LogP contribution in [0.2, 0.25) is 0 Å². The highest BCUT2D eigenvalue weighted by atomic mass is 16.6. The van der Waals surface area contributed by atoms with Gasteiger partial charge in [-0.15, -0.1) is 0 Å². The van der Waals surface area contributed by atoms with E-state index in [1.807, 2.05) is 0 Å². The molecule has 12 heavy (non-hydrogen) atoms. The summed E-state index contributed by atoms with van der Waals surface area (Å²) in [6, 6.07) is 0. The van der Waals surface area contributed by atoms with Crippen LogP contribution in [0.15, 0.2) is 5.16 Å². The van der Waals surface area contributed by atoms with Gasteiger partial charge < -0.3 is 15.7 Å². The van der Waals surface area contributed by atoms with Gasteiger partial charge in [0.2, 0.25) is 0 Å². The number of nitrogens with two attached hydrogens (primary N) is 1. The quantitative estimate of drug-likeness (QED) is 0.575. The number of aliphatic carboxylic acids is 1. The number of nitrogens with zero attached hydrogens (tertiary/aromatic N) is 1. The minimum atomic E-state index is -0.985. The average Bonchev–Trinajstić information content (AvgIpc) is 2.34. The van der Waals surface area contributed by atoms with Crippen LogP contribution in [0.25, 0.3) is 0 Å². The standard InChI is InChI=1S/C6H8N2O4/c7-6(11)4-1-3(12-8-4)2-5(9)10/h3H,1-2H2,(H2,7,11)(H,9,10). The summed E-state index contributed by atoms with van der Waals surface area (Å²) in [5.74, 6) is -1.65. The largest absolute Gasteiger partial charge is 0.481 e. The van der Waals surface area contributed by atoms with E-state index in [0.29, 0.717) is 0 Å². The van der Waals surface area contributed by atoms with E-state index in [-0.39, 0.29) is 18.6 Å². The van der Waals surface area contributed by atoms with Crippen LogP contribution in [0.4, 0.5) is 0 Å². The highest BCUT2D eigenvalue weighted by Gasteiger charge is 2.26. The van der Waals surface area contributed by atoms with E-state index in [4.69, 9.17) is 10.8 Å². The molecule has 0 saturated heterocycles. The second kappa shape index (κ2) is 3.21. The molecule has 1 heterocycles. The third-order valence-corrected chi connectivity index (χ3v) is 1.42. The zero-order valence-electron chi connectivity index (χ0n) is 6.19. The zero-order chi connectivity index (χ0) is 9.14. The molecule has 3 N–H and O–H groups in total. The summed E-state index contributed by atoms with van der Waals surface area (Å²) in [5, 5.41) is 11.7. The van der Waals surface area contributed by atoms with Gasteiger partial charge in [-0.2, -0.15) is 0 Å². The van der Waals surface area contributed by atoms with E-state index in [2.05, 4.69) is 9.99 Å². The maximum atomic E-state index is 10.5. The number of carboxylic acid groups (broad SMARTS) is 1. The molecule has 66 valence electrons. The van der Waals surface area contributed by atoms with Crippen LogP contribution >= 0.6 is 0 Å². The van der Waals surface area contributed by atoms with E-state index in [0.717, 1.165) is 0 Å². The van der Waals surface area contributed by atoms with Gasteiger partial charge in [0, 0.05) is 6.42 Å². The van der Waals surface area contributed by atoms with E-state index in [9.17, 15) is 9.59 Å². The van der Waals surface area contributed by atoms with Crippen LogP contribution in [0, 0.1) is 0 Å². The third-order valence-electron chi connectivity index (χ3n) is 1.42. The van der Waals surface area contributed by atoms with E-state index < -0.39 is 18.0 Å². The predicted octanol–water partition coefficient (Wildman–Crippen LogP) is -0.909. The number of amides is 1. The van der Waals surface area contributed by atoms with E-state index >= 15 is 0 Å². The minimum Gasteiger partial charge on any atom is -0.481 e. The van der Waals surface area contributed by atoms with Crippen molar-refractivity contribution in [2.75, 3.05) is 0 Å². The van der Waals surface area contributed by atoms with Gasteiger partial charge in [-0.05, 0) is 0 Å². The van der Waals surface area contributed by atoms with Crippen molar-refractivity contribution in [2.45, 2.75) is 18.9 Å². The Kier molecular flexibility index (Phi) is 2.27. The number of oxime groups is 1. The average molecular weight is 172 g/mol. The molecule has 6 heteroatoms. The van der Waals surface area contributed by atoms with Gasteiger partial charge in [-0.25, -0.2) is 0 Å². The molecule has 0 radical (unpaired) electrons. The molecule has 0 spiro atoms. The summed E-state index contributed by atoms with van der Waals surface area (Å²) in [4.78, 5) is 25.3. The first-order valence-electron chi connectivity index (χ1n) is 3.34. The molecular weight excluding hydrogens is 164 g/mol. The van der Waals surface area contributed by atoms with Gasteiger partial charge in [0.1, 0.15) is 11.8 Å². The predicted molar refractivity (Wildman–Crippen MR) is 38.4 cm³/mol. The lowest BCUT2D eigenvalue weighted by Crippen LogP contribution is -2.23. The molecule has 1 aliphatic heterocycles. The summed E-state index contributed by atoms with van der Waals surface area (Å²) < 4.78 is 0. The summed E-state index contributed by atoms with van der Waals surface area (Å²) in [5.41, 5.74) is 4.99. The molecule has 0 aromatic rings. The second-order valence-electron chi connectivity index (χ2n) is 2.43. The van der Waals surface area contributed by atoms with Gasteiger partial charge >= 0.3 is 5.97 Å². The Morgan fingerprint density at radius 3 is 2.83 bits per heavy atom. The van der Waals surface area contributed by atoms with E-state index in [1.54, 1.807) is 0 Å². The first kappa shape index (κ1) is 8.51. The molecule has 1 aliphatic rings. The van der Waals surface area contributed by atoms with Gasteiger partial charge in [0.15, 0.2) is 0 Å². The summed E-state index contributed by atoms with van der Waals surface area (Å²) >= 11 is 0. The van der Waals surface area contributed by atoms with Crippen LogP contribution in [0.5, 0.6) is 0 Å². The number of hydrogen-bond acceptors (Lipinski definition) is 4. The molecule has 1 amide bonds. The Balaban J connectivity index is 2.41. The summed E-state index contributed by atoms with van der Waals surface area (Å²) in [6.45, 7) is 0. The van der Waals surface area contributed by atoms with Crippen LogP contribution in [-0.4, -0.2) is 28.8 Å². The van der Waals surface area contributed by atoms with Crippen molar-refractivity contribution in [1.29, 1.82) is 0 Å². The number of rotatable bonds is 3. The Morgan fingerprint density at radius 1 is 1.75 bits per heavy atom. The van der Waals surface area contributed by atoms with Crippen molar-refractivity contribution >= 4 is 17.6 Å². The van der Waals surface area contributed by atoms with Gasteiger partial charge in [0.05, 0.1) is 6.42 Å². The van der Waals surface area contributed by atoms with Crippen molar-refractivity contribution in [2.24, 2.45) is 10.9 Å². The lowest BCUT2D eigenvalue weighted by molar-refractivity contribution is -0.139. The van der Waals surface area contributed by atoms with Crippen molar-refractivity contribution in [3.8, 4) is 0 Å². The van der Waals surface area contributed by atoms with Crippen molar-refractivity contribution < 1.29 is 19.5 Å². The first-order chi connectivity index (χ1) is 5.59. The lowest BCUT2D eigenvalue weighted by Gasteiger charge is -2.01. The monoisotopic (exact) mass is 172 g/mol. The first-order valence-corrected chi connectivity index (χ1v) is 3.34. The van der Waals surface area contributed by atoms with E-state index in [1.165, 1.54) is 0 Å². The fourth-order valence-electron chi connectivity index (χ4n) is 0.878. The van der Waals surface area contributed by atoms with Crippen molar-refractivity contribution in [1.82, 2.24) is 0 Å². The molecule has 0 bridgehead atoms. The van der Waals surface area contributed by atoms with Crippen LogP contribution < -0.4 is 5.73 Å². The normalized spacial score (nSPS) is 21.3. The summed E-state index contributed by atoms with van der Waals surface area (Å²) in [6.07, 6.45) is -0.535. The van der Waals surface area contributed by atoms with Crippen LogP contribution in [0.1, 0.15) is 12.8 Å². The number of carbonyl (C=O) groups excluding carboxylic acids is 1. The highest BCUT2D eigenvalue weighted by Crippen LogP contribution is 2.13. The Labute approximate surface area is 68.0 Å².